The van der Waals surface area contributed by atoms with Gasteiger partial charge in [0, 0.05) is 24.7 Å². The largest absolute Gasteiger partial charge is 0.368 e. The van der Waals surface area contributed by atoms with Crippen molar-refractivity contribution >= 4 is 33.4 Å². The molecule has 7 heteroatoms. The maximum atomic E-state index is 11.8. The number of allylic oxidation sites excluding steroid dienone is 1. The third-order valence-electron chi connectivity index (χ3n) is 3.32. The average molecular weight is 332 g/mol. The molecule has 0 amide bonds. The van der Waals surface area contributed by atoms with Crippen molar-refractivity contribution in [2.75, 3.05) is 23.4 Å². The van der Waals surface area contributed by atoms with Gasteiger partial charge in [0.1, 0.15) is 5.82 Å². The van der Waals surface area contributed by atoms with Gasteiger partial charge < -0.3 is 10.6 Å². The van der Waals surface area contributed by atoms with Crippen molar-refractivity contribution in [2.24, 2.45) is 0 Å². The first-order valence-electron chi connectivity index (χ1n) is 7.19. The second kappa shape index (κ2) is 6.78. The smallest absolute Gasteiger partial charge is 0.221 e. The van der Waals surface area contributed by atoms with Crippen molar-refractivity contribution in [3.63, 3.8) is 0 Å². The van der Waals surface area contributed by atoms with E-state index in [1.54, 1.807) is 30.5 Å². The Bertz CT molecular complexity index is 832. The molecule has 122 valence electrons. The zero-order valence-electron chi connectivity index (χ0n) is 13.4. The maximum Gasteiger partial charge on any atom is 0.221 e. The van der Waals surface area contributed by atoms with Gasteiger partial charge in [-0.15, -0.1) is 0 Å². The van der Waals surface area contributed by atoms with Crippen molar-refractivity contribution in [2.45, 2.75) is 18.7 Å². The van der Waals surface area contributed by atoms with Crippen molar-refractivity contribution in [3.8, 4) is 0 Å². The summed E-state index contributed by atoms with van der Waals surface area (Å²) >= 11 is 0. The first-order valence-corrected chi connectivity index (χ1v) is 9.08. The molecule has 0 spiro atoms. The number of nitrogen functional groups attached to an aromatic ring is 1. The number of nitrogens with two attached hydrogens (primary N) is 1. The molecule has 6 nitrogen and oxygen atoms in total. The topological polar surface area (TPSA) is 89.2 Å². The van der Waals surface area contributed by atoms with Gasteiger partial charge in [-0.3, -0.25) is 0 Å². The summed E-state index contributed by atoms with van der Waals surface area (Å²) in [6.45, 7) is 4.53. The van der Waals surface area contributed by atoms with Crippen LogP contribution in [-0.4, -0.2) is 31.2 Å². The first kappa shape index (κ1) is 17.0. The Morgan fingerprint density at radius 1 is 1.30 bits per heavy atom. The Morgan fingerprint density at radius 2 is 2.04 bits per heavy atom. The van der Waals surface area contributed by atoms with Crippen molar-refractivity contribution < 1.29 is 8.42 Å². The zero-order chi connectivity index (χ0) is 17.0. The van der Waals surface area contributed by atoms with Gasteiger partial charge >= 0.3 is 0 Å². The summed E-state index contributed by atoms with van der Waals surface area (Å²) < 4.78 is 23.6. The van der Waals surface area contributed by atoms with Crippen LogP contribution in [0.2, 0.25) is 0 Å². The summed E-state index contributed by atoms with van der Waals surface area (Å²) in [5, 5.41) is 0. The van der Waals surface area contributed by atoms with Crippen LogP contribution >= 0.6 is 0 Å². The summed E-state index contributed by atoms with van der Waals surface area (Å²) in [5.74, 6) is 0.860. The third kappa shape index (κ3) is 3.87. The van der Waals surface area contributed by atoms with Crippen molar-refractivity contribution in [3.05, 3.63) is 42.1 Å². The van der Waals surface area contributed by atoms with Crippen LogP contribution < -0.4 is 10.6 Å². The van der Waals surface area contributed by atoms with Crippen LogP contribution in [-0.2, 0) is 9.84 Å². The SMILES string of the molecule is CC=Cc1cc(S(C)(=O)=O)ccc1N(CC)c1ccnc(N)n1. The molecule has 0 aliphatic heterocycles. The molecule has 0 aliphatic carbocycles. The highest BCUT2D eigenvalue weighted by Gasteiger charge is 2.15. The van der Waals surface area contributed by atoms with Crippen LogP contribution in [0.5, 0.6) is 0 Å². The van der Waals surface area contributed by atoms with E-state index in [9.17, 15) is 8.42 Å². The Kier molecular flexibility index (Phi) is 5.00. The predicted molar refractivity (Wildman–Crippen MR) is 93.4 cm³/mol. The van der Waals surface area contributed by atoms with E-state index in [-0.39, 0.29) is 10.8 Å². The Labute approximate surface area is 136 Å². The second-order valence-electron chi connectivity index (χ2n) is 5.01. The summed E-state index contributed by atoms with van der Waals surface area (Å²) in [6, 6.07) is 6.82. The lowest BCUT2D eigenvalue weighted by atomic mass is 10.1. The molecular formula is C16H20N4O2S. The minimum Gasteiger partial charge on any atom is -0.368 e. The van der Waals surface area contributed by atoms with E-state index in [0.29, 0.717) is 12.4 Å². The van der Waals surface area contributed by atoms with Gasteiger partial charge in [0.05, 0.1) is 4.90 Å². The number of hydrogen-bond donors (Lipinski definition) is 1. The number of hydrogen-bond acceptors (Lipinski definition) is 6. The van der Waals surface area contributed by atoms with Gasteiger partial charge in [0.25, 0.3) is 0 Å². The minimum atomic E-state index is -3.26. The van der Waals surface area contributed by atoms with Gasteiger partial charge in [-0.2, -0.15) is 4.98 Å². The molecular weight excluding hydrogens is 312 g/mol. The highest BCUT2D eigenvalue weighted by molar-refractivity contribution is 7.90. The highest BCUT2D eigenvalue weighted by Crippen LogP contribution is 2.30. The zero-order valence-corrected chi connectivity index (χ0v) is 14.2. The van der Waals surface area contributed by atoms with Crippen LogP contribution in [0.15, 0.2) is 41.4 Å². The summed E-state index contributed by atoms with van der Waals surface area (Å²) in [5.41, 5.74) is 7.32. The number of sulfone groups is 1. The fourth-order valence-electron chi connectivity index (χ4n) is 2.29. The van der Waals surface area contributed by atoms with Crippen LogP contribution in [0.4, 0.5) is 17.5 Å². The molecule has 0 bridgehead atoms. The van der Waals surface area contributed by atoms with E-state index in [2.05, 4.69) is 9.97 Å². The second-order valence-corrected chi connectivity index (χ2v) is 7.03. The molecule has 23 heavy (non-hydrogen) atoms. The molecule has 0 saturated carbocycles. The molecule has 2 rings (SSSR count). The van der Waals surface area contributed by atoms with Crippen LogP contribution in [0.1, 0.15) is 19.4 Å². The average Bonchev–Trinajstić information content (AvgIpc) is 2.49. The summed E-state index contributed by atoms with van der Waals surface area (Å²) in [6.07, 6.45) is 6.54. The molecule has 0 fully saturated rings. The minimum absolute atomic E-state index is 0.196. The summed E-state index contributed by atoms with van der Waals surface area (Å²) in [4.78, 5) is 10.4. The molecule has 0 atom stereocenters. The van der Waals surface area contributed by atoms with E-state index >= 15 is 0 Å². The number of aromatic nitrogens is 2. The lowest BCUT2D eigenvalue weighted by molar-refractivity contribution is 0.602. The molecule has 2 aromatic rings. The van der Waals surface area contributed by atoms with Gasteiger partial charge in [-0.05, 0) is 43.7 Å². The number of benzene rings is 1. The van der Waals surface area contributed by atoms with E-state index in [1.165, 1.54) is 6.26 Å². The van der Waals surface area contributed by atoms with E-state index in [1.807, 2.05) is 30.9 Å². The number of nitrogens with zero attached hydrogens (tertiary/aromatic N) is 3. The van der Waals surface area contributed by atoms with Crippen LogP contribution in [0.25, 0.3) is 6.08 Å². The molecule has 1 aromatic heterocycles. The first-order chi connectivity index (χ1) is 10.9. The molecule has 1 heterocycles. The lowest BCUT2D eigenvalue weighted by Crippen LogP contribution is -2.19. The quantitative estimate of drug-likeness (QED) is 0.905. The monoisotopic (exact) mass is 332 g/mol. The Balaban J connectivity index is 2.60. The third-order valence-corrected chi connectivity index (χ3v) is 4.43. The normalized spacial score (nSPS) is 11.8. The maximum absolute atomic E-state index is 11.8. The predicted octanol–water partition coefficient (Wildman–Crippen LogP) is 2.65. The Morgan fingerprint density at radius 3 is 2.61 bits per heavy atom. The lowest BCUT2D eigenvalue weighted by Gasteiger charge is -2.24. The molecule has 0 radical (unpaired) electrons. The molecule has 0 saturated heterocycles. The molecule has 0 aliphatic rings. The fourth-order valence-corrected chi connectivity index (χ4v) is 2.95. The van der Waals surface area contributed by atoms with Gasteiger partial charge in [-0.1, -0.05) is 12.2 Å². The Hall–Kier alpha value is -2.41. The molecule has 1 aromatic carbocycles. The fraction of sp³-hybridized carbons (Fsp3) is 0.250. The van der Waals surface area contributed by atoms with Crippen LogP contribution in [0, 0.1) is 0 Å². The van der Waals surface area contributed by atoms with E-state index in [4.69, 9.17) is 5.73 Å². The van der Waals surface area contributed by atoms with Crippen molar-refractivity contribution in [1.82, 2.24) is 9.97 Å². The van der Waals surface area contributed by atoms with Gasteiger partial charge in [-0.25, -0.2) is 13.4 Å². The summed E-state index contributed by atoms with van der Waals surface area (Å²) in [7, 11) is -3.26. The van der Waals surface area contributed by atoms with Crippen LogP contribution in [0.3, 0.4) is 0 Å². The number of rotatable bonds is 5. The number of anilines is 3. The van der Waals surface area contributed by atoms with E-state index in [0.717, 1.165) is 11.3 Å². The highest BCUT2D eigenvalue weighted by atomic mass is 32.2. The molecule has 2 N–H and O–H groups in total. The van der Waals surface area contributed by atoms with Gasteiger partial charge in [0.2, 0.25) is 5.95 Å². The van der Waals surface area contributed by atoms with E-state index < -0.39 is 9.84 Å². The van der Waals surface area contributed by atoms with Crippen molar-refractivity contribution in [1.29, 1.82) is 0 Å². The standard InChI is InChI=1S/C16H20N4O2S/c1-4-6-12-11-13(23(3,21)22)7-8-14(12)20(5-2)15-9-10-18-16(17)19-15/h4,6-11H,5H2,1-3H3,(H2,17,18,19). The van der Waals surface area contributed by atoms with Gasteiger partial charge in [0.15, 0.2) is 9.84 Å². The molecule has 0 unspecified atom stereocenters.